The van der Waals surface area contributed by atoms with Crippen LogP contribution in [0.3, 0.4) is 0 Å². The van der Waals surface area contributed by atoms with Crippen molar-refractivity contribution < 1.29 is 9.53 Å². The van der Waals surface area contributed by atoms with Crippen LogP contribution in [0.4, 0.5) is 16.2 Å². The fourth-order valence-electron chi connectivity index (χ4n) is 2.78. The second-order valence-electron chi connectivity index (χ2n) is 7.01. The molecule has 0 atom stereocenters. The van der Waals surface area contributed by atoms with Crippen molar-refractivity contribution in [2.45, 2.75) is 70.9 Å². The van der Waals surface area contributed by atoms with Crippen molar-refractivity contribution in [3.05, 3.63) is 24.3 Å². The first-order valence-corrected chi connectivity index (χ1v) is 8.29. The third-order valence-corrected chi connectivity index (χ3v) is 3.78. The van der Waals surface area contributed by atoms with Gasteiger partial charge < -0.3 is 10.1 Å². The monoisotopic (exact) mass is 304 g/mol. The van der Waals surface area contributed by atoms with Gasteiger partial charge in [-0.15, -0.1) is 0 Å². The highest BCUT2D eigenvalue weighted by Gasteiger charge is 2.18. The number of hydrogen-bond donors (Lipinski definition) is 2. The molecular formula is C18H28N2O2. The van der Waals surface area contributed by atoms with E-state index in [-0.39, 0.29) is 0 Å². The first kappa shape index (κ1) is 16.7. The summed E-state index contributed by atoms with van der Waals surface area (Å²) in [5.41, 5.74) is 1.26. The molecule has 2 N–H and O–H groups in total. The summed E-state index contributed by atoms with van der Waals surface area (Å²) in [5.74, 6) is 0. The molecule has 0 unspecified atom stereocenters. The number of benzene rings is 1. The summed E-state index contributed by atoms with van der Waals surface area (Å²) in [7, 11) is 0. The minimum absolute atomic E-state index is 0.414. The van der Waals surface area contributed by atoms with Gasteiger partial charge in [0.15, 0.2) is 0 Å². The predicted octanol–water partition coefficient (Wildman–Crippen LogP) is 5.17. The average molecular weight is 304 g/mol. The zero-order valence-corrected chi connectivity index (χ0v) is 13.9. The lowest BCUT2D eigenvalue weighted by atomic mass is 10.1. The number of para-hydroxylation sites is 2. The van der Waals surface area contributed by atoms with E-state index >= 15 is 0 Å². The summed E-state index contributed by atoms with van der Waals surface area (Å²) >= 11 is 0. The standard InChI is InChI=1S/C18H28N2O2/c1-18(2,3)22-17(21)20-16-13-9-8-12-15(16)19-14-10-6-4-5-7-11-14/h8-9,12-14,19H,4-7,10-11H2,1-3H3,(H,20,21). The molecule has 0 bridgehead atoms. The molecule has 2 rings (SSSR count). The van der Waals surface area contributed by atoms with Crippen LogP contribution in [0, 0.1) is 0 Å². The summed E-state index contributed by atoms with van der Waals surface area (Å²) in [4.78, 5) is 12.0. The maximum absolute atomic E-state index is 12.0. The van der Waals surface area contributed by atoms with E-state index < -0.39 is 11.7 Å². The molecule has 0 aromatic heterocycles. The van der Waals surface area contributed by atoms with Gasteiger partial charge >= 0.3 is 6.09 Å². The van der Waals surface area contributed by atoms with Gasteiger partial charge in [-0.2, -0.15) is 0 Å². The van der Waals surface area contributed by atoms with E-state index in [0.717, 1.165) is 11.4 Å². The first-order chi connectivity index (χ1) is 10.4. The van der Waals surface area contributed by atoms with Crippen LogP contribution in [-0.4, -0.2) is 17.7 Å². The lowest BCUT2D eigenvalue weighted by Crippen LogP contribution is -2.28. The summed E-state index contributed by atoms with van der Waals surface area (Å²) in [6.45, 7) is 5.59. The van der Waals surface area contributed by atoms with Crippen molar-refractivity contribution >= 4 is 17.5 Å². The molecule has 122 valence electrons. The molecule has 4 nitrogen and oxygen atoms in total. The van der Waals surface area contributed by atoms with Gasteiger partial charge in [0, 0.05) is 6.04 Å². The topological polar surface area (TPSA) is 50.4 Å². The molecule has 1 aromatic carbocycles. The second kappa shape index (κ2) is 7.52. The van der Waals surface area contributed by atoms with Crippen molar-refractivity contribution in [3.63, 3.8) is 0 Å². The molecule has 22 heavy (non-hydrogen) atoms. The number of hydrogen-bond acceptors (Lipinski definition) is 3. The minimum atomic E-state index is -0.492. The third-order valence-electron chi connectivity index (χ3n) is 3.78. The highest BCUT2D eigenvalue weighted by molar-refractivity contribution is 5.89. The minimum Gasteiger partial charge on any atom is -0.444 e. The summed E-state index contributed by atoms with van der Waals surface area (Å²) in [6, 6.07) is 8.31. The van der Waals surface area contributed by atoms with Crippen LogP contribution in [-0.2, 0) is 4.74 Å². The fourth-order valence-corrected chi connectivity index (χ4v) is 2.78. The molecule has 0 saturated heterocycles. The molecule has 0 aliphatic heterocycles. The lowest BCUT2D eigenvalue weighted by Gasteiger charge is -2.22. The Kier molecular flexibility index (Phi) is 5.69. The Bertz CT molecular complexity index is 486. The van der Waals surface area contributed by atoms with E-state index in [2.05, 4.69) is 10.6 Å². The zero-order chi connectivity index (χ0) is 16.0. The Morgan fingerprint density at radius 1 is 1.05 bits per heavy atom. The van der Waals surface area contributed by atoms with E-state index in [1.165, 1.54) is 38.5 Å². The van der Waals surface area contributed by atoms with Crippen LogP contribution in [0.2, 0.25) is 0 Å². The van der Waals surface area contributed by atoms with Crippen molar-refractivity contribution in [2.75, 3.05) is 10.6 Å². The van der Waals surface area contributed by atoms with Crippen LogP contribution in [0.1, 0.15) is 59.3 Å². The van der Waals surface area contributed by atoms with Crippen LogP contribution in [0.5, 0.6) is 0 Å². The molecule has 1 saturated carbocycles. The fraction of sp³-hybridized carbons (Fsp3) is 0.611. The van der Waals surface area contributed by atoms with Gasteiger partial charge in [0.2, 0.25) is 0 Å². The quantitative estimate of drug-likeness (QED) is 0.758. The van der Waals surface area contributed by atoms with E-state index in [4.69, 9.17) is 4.74 Å². The van der Waals surface area contributed by atoms with E-state index in [9.17, 15) is 4.79 Å². The Labute approximate surface area is 133 Å². The van der Waals surface area contributed by atoms with Gasteiger partial charge in [-0.25, -0.2) is 4.79 Å². The van der Waals surface area contributed by atoms with Crippen LogP contribution >= 0.6 is 0 Å². The Hall–Kier alpha value is -1.71. The highest BCUT2D eigenvalue weighted by Crippen LogP contribution is 2.26. The number of carbonyl (C=O) groups is 1. The van der Waals surface area contributed by atoms with Crippen molar-refractivity contribution in [1.82, 2.24) is 0 Å². The van der Waals surface area contributed by atoms with Gasteiger partial charge in [0.25, 0.3) is 0 Å². The number of ether oxygens (including phenoxy) is 1. The van der Waals surface area contributed by atoms with Crippen LogP contribution in [0.15, 0.2) is 24.3 Å². The normalized spacial score (nSPS) is 16.7. The molecule has 1 fully saturated rings. The van der Waals surface area contributed by atoms with Gasteiger partial charge in [-0.1, -0.05) is 37.8 Å². The van der Waals surface area contributed by atoms with Crippen molar-refractivity contribution in [1.29, 1.82) is 0 Å². The number of carbonyl (C=O) groups excluding carboxylic acids is 1. The maximum Gasteiger partial charge on any atom is 0.412 e. The molecule has 1 aliphatic rings. The smallest absolute Gasteiger partial charge is 0.412 e. The zero-order valence-electron chi connectivity index (χ0n) is 13.9. The van der Waals surface area contributed by atoms with E-state index in [1.807, 2.05) is 45.0 Å². The maximum atomic E-state index is 12.0. The number of amides is 1. The molecule has 1 aliphatic carbocycles. The lowest BCUT2D eigenvalue weighted by molar-refractivity contribution is 0.0636. The Balaban J connectivity index is 2.01. The van der Waals surface area contributed by atoms with Gasteiger partial charge in [-0.3, -0.25) is 5.32 Å². The van der Waals surface area contributed by atoms with Gasteiger partial charge in [0.05, 0.1) is 11.4 Å². The molecule has 0 heterocycles. The van der Waals surface area contributed by atoms with Crippen molar-refractivity contribution in [3.8, 4) is 0 Å². The second-order valence-corrected chi connectivity index (χ2v) is 7.01. The van der Waals surface area contributed by atoms with E-state index in [1.54, 1.807) is 0 Å². The van der Waals surface area contributed by atoms with E-state index in [0.29, 0.717) is 6.04 Å². The molecular weight excluding hydrogens is 276 g/mol. The molecule has 4 heteroatoms. The average Bonchev–Trinajstić information content (AvgIpc) is 2.67. The summed E-state index contributed by atoms with van der Waals surface area (Å²) in [6.07, 6.45) is 7.19. The number of nitrogens with one attached hydrogen (secondary N) is 2. The summed E-state index contributed by atoms with van der Waals surface area (Å²) < 4.78 is 5.33. The predicted molar refractivity (Wildman–Crippen MR) is 91.4 cm³/mol. The Morgan fingerprint density at radius 3 is 2.23 bits per heavy atom. The van der Waals surface area contributed by atoms with Gasteiger partial charge in [-0.05, 0) is 45.7 Å². The molecule has 1 aromatic rings. The first-order valence-electron chi connectivity index (χ1n) is 8.29. The highest BCUT2D eigenvalue weighted by atomic mass is 16.6. The largest absolute Gasteiger partial charge is 0.444 e. The number of rotatable bonds is 3. The molecule has 0 spiro atoms. The van der Waals surface area contributed by atoms with Crippen LogP contribution < -0.4 is 10.6 Å². The molecule has 0 radical (unpaired) electrons. The van der Waals surface area contributed by atoms with Crippen molar-refractivity contribution in [2.24, 2.45) is 0 Å². The third kappa shape index (κ3) is 5.58. The van der Waals surface area contributed by atoms with Gasteiger partial charge in [0.1, 0.15) is 5.60 Å². The number of anilines is 2. The summed E-state index contributed by atoms with van der Waals surface area (Å²) in [5, 5.41) is 6.44. The molecule has 1 amide bonds. The Morgan fingerprint density at radius 2 is 1.64 bits per heavy atom. The SMILES string of the molecule is CC(C)(C)OC(=O)Nc1ccccc1NC1CCCCCC1. The van der Waals surface area contributed by atoms with Crippen LogP contribution in [0.25, 0.3) is 0 Å².